The highest BCUT2D eigenvalue weighted by atomic mass is 16.5. The van der Waals surface area contributed by atoms with E-state index in [1.54, 1.807) is 6.07 Å². The van der Waals surface area contributed by atoms with Gasteiger partial charge in [-0.3, -0.25) is 4.79 Å². The number of rotatable bonds is 7. The van der Waals surface area contributed by atoms with Crippen LogP contribution in [0.15, 0.2) is 42.5 Å². The van der Waals surface area contributed by atoms with E-state index in [4.69, 9.17) is 14.6 Å². The van der Waals surface area contributed by atoms with Gasteiger partial charge in [0.2, 0.25) is 0 Å². The van der Waals surface area contributed by atoms with Gasteiger partial charge in [-0.25, -0.2) is 4.79 Å². The number of fused-ring (bicyclic) bond motifs is 1. The summed E-state index contributed by atoms with van der Waals surface area (Å²) in [5.74, 6) is -1.12. The Bertz CT molecular complexity index is 670. The van der Waals surface area contributed by atoms with Gasteiger partial charge >= 0.3 is 5.97 Å². The van der Waals surface area contributed by atoms with E-state index in [2.05, 4.69) is 5.32 Å². The number of nitrogens with one attached hydrogen (secondary N) is 1. The molecule has 6 heteroatoms. The molecule has 0 bridgehead atoms. The average molecular weight is 303 g/mol. The number of methoxy groups -OCH3 is 1. The van der Waals surface area contributed by atoms with E-state index in [1.807, 2.05) is 36.4 Å². The first-order valence-electron chi connectivity index (χ1n) is 6.73. The molecule has 2 rings (SSSR count). The molecule has 2 aromatic carbocycles. The summed E-state index contributed by atoms with van der Waals surface area (Å²) in [4.78, 5) is 22.6. The largest absolute Gasteiger partial charge is 0.484 e. The van der Waals surface area contributed by atoms with Crippen LogP contribution in [0.25, 0.3) is 10.8 Å². The molecule has 2 N–H and O–H groups in total. The number of ether oxygens (including phenoxy) is 2. The maximum atomic E-state index is 11.7. The monoisotopic (exact) mass is 303 g/mol. The van der Waals surface area contributed by atoms with E-state index in [1.165, 1.54) is 7.11 Å². The summed E-state index contributed by atoms with van der Waals surface area (Å²) in [5, 5.41) is 13.3. The summed E-state index contributed by atoms with van der Waals surface area (Å²) in [6.07, 6.45) is 0. The lowest BCUT2D eigenvalue weighted by molar-refractivity contribution is -0.143. The first-order valence-corrected chi connectivity index (χ1v) is 6.73. The Balaban J connectivity index is 1.93. The second-order valence-electron chi connectivity index (χ2n) is 4.71. The molecule has 0 radical (unpaired) electrons. The highest BCUT2D eigenvalue weighted by Gasteiger charge is 2.19. The zero-order valence-corrected chi connectivity index (χ0v) is 12.1. The highest BCUT2D eigenvalue weighted by Crippen LogP contribution is 2.20. The molecule has 0 fully saturated rings. The molecule has 0 saturated heterocycles. The van der Waals surface area contributed by atoms with Gasteiger partial charge in [0.25, 0.3) is 5.91 Å². The molecule has 2 aromatic rings. The molecular formula is C16H17NO5. The molecule has 0 aliphatic rings. The van der Waals surface area contributed by atoms with E-state index in [0.717, 1.165) is 10.8 Å². The molecule has 0 heterocycles. The summed E-state index contributed by atoms with van der Waals surface area (Å²) < 4.78 is 10.1. The lowest BCUT2D eigenvalue weighted by atomic mass is 10.1. The number of carbonyl (C=O) groups is 2. The number of carboxylic acids is 1. The Labute approximate surface area is 127 Å². The maximum Gasteiger partial charge on any atom is 0.328 e. The van der Waals surface area contributed by atoms with Crippen molar-refractivity contribution in [1.82, 2.24) is 5.32 Å². The van der Waals surface area contributed by atoms with Crippen LogP contribution < -0.4 is 10.1 Å². The smallest absolute Gasteiger partial charge is 0.328 e. The quantitative estimate of drug-likeness (QED) is 0.808. The Morgan fingerprint density at radius 1 is 1.18 bits per heavy atom. The fourth-order valence-corrected chi connectivity index (χ4v) is 1.98. The van der Waals surface area contributed by atoms with Gasteiger partial charge in [0.05, 0.1) is 6.61 Å². The summed E-state index contributed by atoms with van der Waals surface area (Å²) in [7, 11) is 1.37. The third-order valence-corrected chi connectivity index (χ3v) is 3.06. The Hall–Kier alpha value is -2.60. The van der Waals surface area contributed by atoms with Gasteiger partial charge in [0.1, 0.15) is 5.75 Å². The van der Waals surface area contributed by atoms with Crippen molar-refractivity contribution in [3.05, 3.63) is 42.5 Å². The van der Waals surface area contributed by atoms with E-state index < -0.39 is 17.9 Å². The third kappa shape index (κ3) is 4.20. The van der Waals surface area contributed by atoms with Crippen LogP contribution in [0.3, 0.4) is 0 Å². The van der Waals surface area contributed by atoms with Crippen molar-refractivity contribution in [3.8, 4) is 5.75 Å². The van der Waals surface area contributed by atoms with E-state index >= 15 is 0 Å². The molecule has 1 unspecified atom stereocenters. The molecule has 0 aliphatic heterocycles. The topological polar surface area (TPSA) is 84.9 Å². The van der Waals surface area contributed by atoms with E-state index in [-0.39, 0.29) is 13.2 Å². The van der Waals surface area contributed by atoms with Crippen molar-refractivity contribution in [2.24, 2.45) is 0 Å². The molecule has 0 spiro atoms. The zero-order valence-electron chi connectivity index (χ0n) is 12.1. The van der Waals surface area contributed by atoms with Crippen LogP contribution in [-0.4, -0.2) is 43.3 Å². The van der Waals surface area contributed by atoms with Crippen molar-refractivity contribution < 1.29 is 24.2 Å². The van der Waals surface area contributed by atoms with Crippen molar-refractivity contribution >= 4 is 22.6 Å². The molecule has 116 valence electrons. The van der Waals surface area contributed by atoms with Crippen molar-refractivity contribution in [3.63, 3.8) is 0 Å². The van der Waals surface area contributed by atoms with Gasteiger partial charge in [-0.2, -0.15) is 0 Å². The van der Waals surface area contributed by atoms with Gasteiger partial charge in [-0.05, 0) is 22.9 Å². The lowest BCUT2D eigenvalue weighted by Crippen LogP contribution is -2.45. The van der Waals surface area contributed by atoms with Crippen molar-refractivity contribution in [2.75, 3.05) is 20.3 Å². The number of hydrogen-bond donors (Lipinski definition) is 2. The van der Waals surface area contributed by atoms with Gasteiger partial charge in [0, 0.05) is 7.11 Å². The Morgan fingerprint density at radius 3 is 2.59 bits per heavy atom. The molecule has 1 atom stereocenters. The van der Waals surface area contributed by atoms with Gasteiger partial charge in [0.15, 0.2) is 12.6 Å². The number of aliphatic carboxylic acids is 1. The fraction of sp³-hybridized carbons (Fsp3) is 0.250. The predicted octanol–water partition coefficient (Wildman–Crippen LogP) is 1.43. The predicted molar refractivity (Wildman–Crippen MR) is 80.9 cm³/mol. The van der Waals surface area contributed by atoms with Crippen LogP contribution in [0.5, 0.6) is 5.75 Å². The standard InChI is InChI=1S/C16H17NO5/c1-21-9-14(16(19)20)17-15(18)10-22-13-7-6-11-4-2-3-5-12(11)8-13/h2-8,14H,9-10H2,1H3,(H,17,18)(H,19,20). The molecule has 0 aromatic heterocycles. The van der Waals surface area contributed by atoms with Crippen LogP contribution in [-0.2, 0) is 14.3 Å². The van der Waals surface area contributed by atoms with E-state index in [9.17, 15) is 9.59 Å². The molecule has 0 aliphatic carbocycles. The number of hydrogen-bond acceptors (Lipinski definition) is 4. The fourth-order valence-electron chi connectivity index (χ4n) is 1.98. The number of carboxylic acid groups (broad SMARTS) is 1. The minimum Gasteiger partial charge on any atom is -0.484 e. The first-order chi connectivity index (χ1) is 10.6. The summed E-state index contributed by atoms with van der Waals surface area (Å²) >= 11 is 0. The Morgan fingerprint density at radius 2 is 1.91 bits per heavy atom. The maximum absolute atomic E-state index is 11.7. The van der Waals surface area contributed by atoms with Crippen LogP contribution in [0.1, 0.15) is 0 Å². The number of benzene rings is 2. The number of carbonyl (C=O) groups excluding carboxylic acids is 1. The van der Waals surface area contributed by atoms with Gasteiger partial charge < -0.3 is 19.9 Å². The third-order valence-electron chi connectivity index (χ3n) is 3.06. The van der Waals surface area contributed by atoms with Crippen molar-refractivity contribution in [1.29, 1.82) is 0 Å². The minimum absolute atomic E-state index is 0.100. The van der Waals surface area contributed by atoms with Crippen LogP contribution >= 0.6 is 0 Å². The van der Waals surface area contributed by atoms with Crippen LogP contribution in [0.2, 0.25) is 0 Å². The van der Waals surface area contributed by atoms with E-state index in [0.29, 0.717) is 5.75 Å². The molecular weight excluding hydrogens is 286 g/mol. The molecule has 1 amide bonds. The molecule has 0 saturated carbocycles. The summed E-state index contributed by atoms with van der Waals surface area (Å²) in [6, 6.07) is 12.2. The molecule has 22 heavy (non-hydrogen) atoms. The van der Waals surface area contributed by atoms with Gasteiger partial charge in [-0.15, -0.1) is 0 Å². The average Bonchev–Trinajstić information content (AvgIpc) is 2.52. The second kappa shape index (κ2) is 7.42. The van der Waals surface area contributed by atoms with Crippen molar-refractivity contribution in [2.45, 2.75) is 6.04 Å². The summed E-state index contributed by atoms with van der Waals surface area (Å²) in [6.45, 7) is -0.358. The SMILES string of the molecule is COCC(NC(=O)COc1ccc2ccccc2c1)C(=O)O. The van der Waals surface area contributed by atoms with Gasteiger partial charge in [-0.1, -0.05) is 30.3 Å². The molecule has 6 nitrogen and oxygen atoms in total. The lowest BCUT2D eigenvalue weighted by Gasteiger charge is -2.14. The highest BCUT2D eigenvalue weighted by molar-refractivity contribution is 5.85. The number of amides is 1. The second-order valence-corrected chi connectivity index (χ2v) is 4.71. The van der Waals surface area contributed by atoms with Crippen LogP contribution in [0.4, 0.5) is 0 Å². The van der Waals surface area contributed by atoms with Crippen LogP contribution in [0, 0.1) is 0 Å². The minimum atomic E-state index is -1.15. The zero-order chi connectivity index (χ0) is 15.9. The first kappa shape index (κ1) is 15.8. The Kier molecular flexibility index (Phi) is 5.32. The summed E-state index contributed by atoms with van der Waals surface area (Å²) in [5.41, 5.74) is 0. The normalized spacial score (nSPS) is 11.9.